The van der Waals surface area contributed by atoms with Gasteiger partial charge in [-0.1, -0.05) is 40.6 Å². The normalized spacial score (nSPS) is 11.9. The van der Waals surface area contributed by atoms with E-state index in [2.05, 4.69) is 10.3 Å². The average Bonchev–Trinajstić information content (AvgIpc) is 2.20. The van der Waals surface area contributed by atoms with Crippen molar-refractivity contribution in [3.05, 3.63) is 35.9 Å². The minimum Gasteiger partial charge on any atom is -0.411 e. The molecule has 1 rings (SSSR count). The van der Waals surface area contributed by atoms with Crippen molar-refractivity contribution in [2.75, 3.05) is 0 Å². The second kappa shape index (κ2) is 5.75. The first kappa shape index (κ1) is 10.2. The summed E-state index contributed by atoms with van der Waals surface area (Å²) in [7, 11) is 0. The highest BCUT2D eigenvalue weighted by Crippen LogP contribution is 2.00. The zero-order valence-electron chi connectivity index (χ0n) is 7.92. The molecule has 0 fully saturated rings. The Morgan fingerprint density at radius 1 is 1.43 bits per heavy atom. The van der Waals surface area contributed by atoms with Gasteiger partial charge < -0.3 is 10.0 Å². The van der Waals surface area contributed by atoms with Crippen molar-refractivity contribution in [2.45, 2.75) is 13.5 Å². The lowest BCUT2D eigenvalue weighted by molar-refractivity contribution is 0.131. The van der Waals surface area contributed by atoms with Crippen LogP contribution in [-0.2, 0) is 11.4 Å². The van der Waals surface area contributed by atoms with Gasteiger partial charge in [0.05, 0.1) is 11.9 Å². The lowest BCUT2D eigenvalue weighted by atomic mass is 10.2. The largest absolute Gasteiger partial charge is 0.411 e. The fraction of sp³-hybridized carbons (Fsp3) is 0.200. The first-order valence-electron chi connectivity index (χ1n) is 4.21. The SMILES string of the molecule is CC(C=NO)=NOCc1ccccc1. The number of nitrogens with zero attached hydrogens (tertiary/aromatic N) is 2. The summed E-state index contributed by atoms with van der Waals surface area (Å²) in [5, 5.41) is 14.7. The summed E-state index contributed by atoms with van der Waals surface area (Å²) >= 11 is 0. The lowest BCUT2D eigenvalue weighted by Gasteiger charge is -1.98. The molecule has 0 saturated heterocycles. The molecule has 1 N–H and O–H groups in total. The van der Waals surface area contributed by atoms with Crippen molar-refractivity contribution in [1.82, 2.24) is 0 Å². The van der Waals surface area contributed by atoms with Gasteiger partial charge in [-0.25, -0.2) is 0 Å². The van der Waals surface area contributed by atoms with Gasteiger partial charge in [0.1, 0.15) is 6.61 Å². The number of hydrogen-bond acceptors (Lipinski definition) is 4. The Labute approximate surface area is 82.5 Å². The lowest BCUT2D eigenvalue weighted by Crippen LogP contribution is -1.95. The minimum absolute atomic E-state index is 0.414. The molecule has 0 heterocycles. The van der Waals surface area contributed by atoms with Crippen LogP contribution in [0.1, 0.15) is 12.5 Å². The molecule has 0 amide bonds. The summed E-state index contributed by atoms with van der Waals surface area (Å²) in [5.41, 5.74) is 1.56. The third kappa shape index (κ3) is 3.71. The molecule has 1 aromatic carbocycles. The Kier molecular flexibility index (Phi) is 4.20. The summed E-state index contributed by atoms with van der Waals surface area (Å²) in [6.45, 7) is 2.10. The van der Waals surface area contributed by atoms with Crippen molar-refractivity contribution >= 4 is 11.9 Å². The van der Waals surface area contributed by atoms with E-state index < -0.39 is 0 Å². The second-order valence-corrected chi connectivity index (χ2v) is 2.74. The zero-order valence-corrected chi connectivity index (χ0v) is 7.92. The molecule has 0 spiro atoms. The Morgan fingerprint density at radius 2 is 2.14 bits per heavy atom. The summed E-state index contributed by atoms with van der Waals surface area (Å²) in [6.07, 6.45) is 1.21. The molecule has 0 aliphatic heterocycles. The van der Waals surface area contributed by atoms with Crippen LogP contribution in [0.4, 0.5) is 0 Å². The van der Waals surface area contributed by atoms with Crippen LogP contribution in [-0.4, -0.2) is 17.1 Å². The highest BCUT2D eigenvalue weighted by molar-refractivity contribution is 6.29. The van der Waals surface area contributed by atoms with Crippen LogP contribution in [0.25, 0.3) is 0 Å². The molecule has 0 radical (unpaired) electrons. The van der Waals surface area contributed by atoms with Crippen molar-refractivity contribution in [3.63, 3.8) is 0 Å². The molecule has 74 valence electrons. The van der Waals surface area contributed by atoms with Gasteiger partial charge in [-0.2, -0.15) is 0 Å². The van der Waals surface area contributed by atoms with E-state index in [0.29, 0.717) is 12.3 Å². The van der Waals surface area contributed by atoms with E-state index in [1.54, 1.807) is 6.92 Å². The maximum absolute atomic E-state index is 8.19. The summed E-state index contributed by atoms with van der Waals surface area (Å²) in [5.74, 6) is 0. The fourth-order valence-corrected chi connectivity index (χ4v) is 0.890. The van der Waals surface area contributed by atoms with Crippen molar-refractivity contribution in [3.8, 4) is 0 Å². The van der Waals surface area contributed by atoms with Crippen molar-refractivity contribution < 1.29 is 10.0 Å². The first-order valence-corrected chi connectivity index (χ1v) is 4.21. The smallest absolute Gasteiger partial charge is 0.142 e. The predicted octanol–water partition coefficient (Wildman–Crippen LogP) is 2.04. The predicted molar refractivity (Wildman–Crippen MR) is 54.6 cm³/mol. The van der Waals surface area contributed by atoms with Crippen LogP contribution in [0.2, 0.25) is 0 Å². The monoisotopic (exact) mass is 192 g/mol. The van der Waals surface area contributed by atoms with Crippen molar-refractivity contribution in [2.24, 2.45) is 10.3 Å². The van der Waals surface area contributed by atoms with E-state index >= 15 is 0 Å². The van der Waals surface area contributed by atoms with Gasteiger partial charge in [-0.05, 0) is 12.5 Å². The number of rotatable bonds is 4. The van der Waals surface area contributed by atoms with Crippen molar-refractivity contribution in [1.29, 1.82) is 0 Å². The van der Waals surface area contributed by atoms with Crippen LogP contribution in [0.3, 0.4) is 0 Å². The zero-order chi connectivity index (χ0) is 10.2. The van der Waals surface area contributed by atoms with Gasteiger partial charge in [0, 0.05) is 0 Å². The molecular weight excluding hydrogens is 180 g/mol. The molecule has 0 aromatic heterocycles. The minimum atomic E-state index is 0.414. The van der Waals surface area contributed by atoms with Gasteiger partial charge in [0.15, 0.2) is 0 Å². The first-order chi connectivity index (χ1) is 6.83. The quantitative estimate of drug-likeness (QED) is 0.451. The Bertz CT molecular complexity index is 320. The van der Waals surface area contributed by atoms with E-state index in [-0.39, 0.29) is 0 Å². The maximum Gasteiger partial charge on any atom is 0.142 e. The molecule has 0 unspecified atom stereocenters. The van der Waals surface area contributed by atoms with Crippen LogP contribution in [0.5, 0.6) is 0 Å². The molecular formula is C10H12N2O2. The van der Waals surface area contributed by atoms with Crippen LogP contribution in [0, 0.1) is 0 Å². The molecule has 0 aliphatic carbocycles. The van der Waals surface area contributed by atoms with Gasteiger partial charge >= 0.3 is 0 Å². The van der Waals surface area contributed by atoms with Crippen LogP contribution < -0.4 is 0 Å². The molecule has 0 atom stereocenters. The van der Waals surface area contributed by atoms with Gasteiger partial charge in [0.25, 0.3) is 0 Å². The third-order valence-corrected chi connectivity index (χ3v) is 1.53. The molecule has 14 heavy (non-hydrogen) atoms. The third-order valence-electron chi connectivity index (χ3n) is 1.53. The maximum atomic E-state index is 8.19. The number of benzene rings is 1. The van der Waals surface area contributed by atoms with Crippen LogP contribution in [0.15, 0.2) is 40.6 Å². The average molecular weight is 192 g/mol. The molecule has 1 aromatic rings. The molecule has 0 aliphatic rings. The van der Waals surface area contributed by atoms with E-state index in [1.807, 2.05) is 30.3 Å². The number of oxime groups is 2. The Morgan fingerprint density at radius 3 is 2.79 bits per heavy atom. The van der Waals surface area contributed by atoms with E-state index in [4.69, 9.17) is 10.0 Å². The molecule has 0 bridgehead atoms. The highest BCUT2D eigenvalue weighted by atomic mass is 16.6. The molecule has 4 heteroatoms. The molecule has 4 nitrogen and oxygen atoms in total. The Balaban J connectivity index is 2.39. The Hall–Kier alpha value is -1.84. The van der Waals surface area contributed by atoms with Gasteiger partial charge in [-0.3, -0.25) is 0 Å². The number of hydrogen-bond donors (Lipinski definition) is 1. The second-order valence-electron chi connectivity index (χ2n) is 2.74. The van der Waals surface area contributed by atoms with Gasteiger partial charge in [-0.15, -0.1) is 0 Å². The summed E-state index contributed by atoms with van der Waals surface area (Å²) < 4.78 is 0. The topological polar surface area (TPSA) is 54.2 Å². The van der Waals surface area contributed by atoms with Gasteiger partial charge in [0.2, 0.25) is 0 Å². The van der Waals surface area contributed by atoms with E-state index in [1.165, 1.54) is 6.21 Å². The summed E-state index contributed by atoms with van der Waals surface area (Å²) in [4.78, 5) is 5.02. The van der Waals surface area contributed by atoms with E-state index in [0.717, 1.165) is 5.56 Å². The standard InChI is InChI=1S/C10H12N2O2/c1-9(7-11-13)12-14-8-10-5-3-2-4-6-10/h2-7,13H,8H2,1H3. The molecule has 0 saturated carbocycles. The fourth-order valence-electron chi connectivity index (χ4n) is 0.890. The summed E-state index contributed by atoms with van der Waals surface area (Å²) in [6, 6.07) is 9.71. The highest BCUT2D eigenvalue weighted by Gasteiger charge is 1.90. The van der Waals surface area contributed by atoms with E-state index in [9.17, 15) is 0 Å². The van der Waals surface area contributed by atoms with Crippen LogP contribution >= 0.6 is 0 Å².